The summed E-state index contributed by atoms with van der Waals surface area (Å²) in [5, 5.41) is 1.69. The highest BCUT2D eigenvalue weighted by molar-refractivity contribution is 9.10. The smallest absolute Gasteiger partial charge is 0.405 e. The van der Waals surface area contributed by atoms with Crippen LogP contribution in [0.15, 0.2) is 22.7 Å². The van der Waals surface area contributed by atoms with Gasteiger partial charge in [-0.1, -0.05) is 15.9 Å². The summed E-state index contributed by atoms with van der Waals surface area (Å²) >= 11 is 3.06. The molecule has 8 heteroatoms. The van der Waals surface area contributed by atoms with Crippen molar-refractivity contribution in [1.82, 2.24) is 5.32 Å². The van der Waals surface area contributed by atoms with Crippen molar-refractivity contribution in [3.8, 4) is 5.75 Å². The minimum Gasteiger partial charge on any atom is -0.490 e. The zero-order valence-corrected chi connectivity index (χ0v) is 11.1. The Morgan fingerprint density at radius 2 is 2.05 bits per heavy atom. The van der Waals surface area contributed by atoms with Crippen LogP contribution in [0.2, 0.25) is 0 Å². The van der Waals surface area contributed by atoms with Crippen LogP contribution in [-0.4, -0.2) is 25.2 Å². The molecule has 0 aliphatic heterocycles. The lowest BCUT2D eigenvalue weighted by Gasteiger charge is -2.09. The molecular formula is C11H10BrF4NO2. The van der Waals surface area contributed by atoms with Crippen molar-refractivity contribution < 1.29 is 27.1 Å². The van der Waals surface area contributed by atoms with Gasteiger partial charge in [-0.2, -0.15) is 13.2 Å². The van der Waals surface area contributed by atoms with Crippen LogP contribution in [0.3, 0.4) is 0 Å². The molecule has 0 heterocycles. The average Bonchev–Trinajstić information content (AvgIpc) is 2.28. The highest BCUT2D eigenvalue weighted by Gasteiger charge is 2.27. The van der Waals surface area contributed by atoms with Crippen molar-refractivity contribution in [1.29, 1.82) is 0 Å². The molecule has 0 unspecified atom stereocenters. The molecule has 19 heavy (non-hydrogen) atoms. The van der Waals surface area contributed by atoms with Gasteiger partial charge in [-0.15, -0.1) is 0 Å². The molecule has 0 spiro atoms. The summed E-state index contributed by atoms with van der Waals surface area (Å²) in [5.74, 6) is -1.49. The molecule has 0 aliphatic carbocycles. The fraction of sp³-hybridized carbons (Fsp3) is 0.364. The summed E-state index contributed by atoms with van der Waals surface area (Å²) in [6.45, 7) is -1.60. The Hall–Kier alpha value is -1.31. The standard InChI is InChI=1S/C11H10BrF4NO2/c12-7-1-2-9(8(13)5-7)19-4-3-10(18)17-6-11(14,15)16/h1-2,5H,3-4,6H2,(H,17,18). The fourth-order valence-corrected chi connectivity index (χ4v) is 1.47. The SMILES string of the molecule is O=C(CCOc1ccc(Br)cc1F)NCC(F)(F)F. The average molecular weight is 344 g/mol. The van der Waals surface area contributed by atoms with E-state index in [-0.39, 0.29) is 18.8 Å². The van der Waals surface area contributed by atoms with Crippen LogP contribution in [0.25, 0.3) is 0 Å². The van der Waals surface area contributed by atoms with Gasteiger partial charge in [0.2, 0.25) is 5.91 Å². The summed E-state index contributed by atoms with van der Waals surface area (Å²) in [4.78, 5) is 11.0. The van der Waals surface area contributed by atoms with E-state index in [9.17, 15) is 22.4 Å². The Morgan fingerprint density at radius 3 is 2.63 bits per heavy atom. The quantitative estimate of drug-likeness (QED) is 0.834. The van der Waals surface area contributed by atoms with Crippen molar-refractivity contribution in [2.75, 3.05) is 13.2 Å². The molecule has 106 valence electrons. The Morgan fingerprint density at radius 1 is 1.37 bits per heavy atom. The number of hydrogen-bond acceptors (Lipinski definition) is 2. The van der Waals surface area contributed by atoms with Crippen LogP contribution in [0.5, 0.6) is 5.75 Å². The molecule has 1 amide bonds. The molecule has 0 saturated carbocycles. The van der Waals surface area contributed by atoms with Gasteiger partial charge in [-0.3, -0.25) is 4.79 Å². The molecule has 1 aromatic carbocycles. The Bertz CT molecular complexity index is 451. The summed E-state index contributed by atoms with van der Waals surface area (Å²) in [6.07, 6.45) is -4.74. The molecule has 0 bridgehead atoms. The summed E-state index contributed by atoms with van der Waals surface area (Å²) in [7, 11) is 0. The molecular weight excluding hydrogens is 334 g/mol. The molecule has 1 rings (SSSR count). The van der Waals surface area contributed by atoms with Crippen molar-refractivity contribution in [3.05, 3.63) is 28.5 Å². The molecule has 0 atom stereocenters. The number of halogens is 5. The zero-order valence-electron chi connectivity index (χ0n) is 9.56. The van der Waals surface area contributed by atoms with Gasteiger partial charge >= 0.3 is 6.18 Å². The topological polar surface area (TPSA) is 38.3 Å². The van der Waals surface area contributed by atoms with Gasteiger partial charge in [0.15, 0.2) is 11.6 Å². The molecule has 3 nitrogen and oxygen atoms in total. The fourth-order valence-electron chi connectivity index (χ4n) is 1.13. The minimum atomic E-state index is -4.45. The van der Waals surface area contributed by atoms with E-state index in [0.717, 1.165) is 0 Å². The largest absolute Gasteiger partial charge is 0.490 e. The Balaban J connectivity index is 2.32. The third-order valence-electron chi connectivity index (χ3n) is 1.97. The van der Waals surface area contributed by atoms with Crippen molar-refractivity contribution in [2.45, 2.75) is 12.6 Å². The minimum absolute atomic E-state index is 0.0631. The van der Waals surface area contributed by atoms with Gasteiger partial charge in [0, 0.05) is 4.47 Å². The van der Waals surface area contributed by atoms with Crippen LogP contribution < -0.4 is 10.1 Å². The van der Waals surface area contributed by atoms with E-state index in [2.05, 4.69) is 15.9 Å². The zero-order chi connectivity index (χ0) is 14.5. The van der Waals surface area contributed by atoms with E-state index in [1.165, 1.54) is 12.1 Å². The number of carbonyl (C=O) groups is 1. The number of ether oxygens (including phenoxy) is 1. The first-order chi connectivity index (χ1) is 8.78. The van der Waals surface area contributed by atoms with E-state index in [4.69, 9.17) is 4.74 Å². The predicted molar refractivity (Wildman–Crippen MR) is 63.3 cm³/mol. The maximum absolute atomic E-state index is 13.3. The second-order valence-corrected chi connectivity index (χ2v) is 4.48. The lowest BCUT2D eigenvalue weighted by Crippen LogP contribution is -2.34. The number of carbonyl (C=O) groups excluding carboxylic acids is 1. The van der Waals surface area contributed by atoms with Crippen LogP contribution in [-0.2, 0) is 4.79 Å². The molecule has 0 fully saturated rings. The third kappa shape index (κ3) is 6.42. The van der Waals surface area contributed by atoms with Crippen LogP contribution in [0, 0.1) is 5.82 Å². The molecule has 1 N–H and O–H groups in total. The predicted octanol–water partition coefficient (Wildman–Crippen LogP) is 3.04. The van der Waals surface area contributed by atoms with E-state index >= 15 is 0 Å². The van der Waals surface area contributed by atoms with E-state index in [1.807, 2.05) is 0 Å². The van der Waals surface area contributed by atoms with Gasteiger partial charge in [0.1, 0.15) is 6.54 Å². The summed E-state index contributed by atoms with van der Waals surface area (Å²) in [5.41, 5.74) is 0. The van der Waals surface area contributed by atoms with Crippen molar-refractivity contribution in [2.24, 2.45) is 0 Å². The van der Waals surface area contributed by atoms with Crippen LogP contribution >= 0.6 is 15.9 Å². The number of rotatable bonds is 5. The van der Waals surface area contributed by atoms with Gasteiger partial charge in [-0.05, 0) is 18.2 Å². The van der Waals surface area contributed by atoms with E-state index < -0.39 is 24.4 Å². The maximum atomic E-state index is 13.3. The maximum Gasteiger partial charge on any atom is 0.405 e. The second-order valence-electron chi connectivity index (χ2n) is 3.57. The molecule has 1 aromatic rings. The number of hydrogen-bond donors (Lipinski definition) is 1. The van der Waals surface area contributed by atoms with Gasteiger partial charge < -0.3 is 10.1 Å². The Labute approximate surface area is 115 Å². The normalized spacial score (nSPS) is 11.2. The molecule has 0 aliphatic rings. The first-order valence-electron chi connectivity index (χ1n) is 5.19. The monoisotopic (exact) mass is 343 g/mol. The van der Waals surface area contributed by atoms with Crippen LogP contribution in [0.4, 0.5) is 17.6 Å². The number of nitrogens with one attached hydrogen (secondary N) is 1. The number of benzene rings is 1. The highest BCUT2D eigenvalue weighted by atomic mass is 79.9. The third-order valence-corrected chi connectivity index (χ3v) is 2.46. The Kier molecular flexibility index (Phi) is 5.59. The lowest BCUT2D eigenvalue weighted by molar-refractivity contribution is -0.138. The van der Waals surface area contributed by atoms with E-state index in [1.54, 1.807) is 11.4 Å². The number of alkyl halides is 3. The van der Waals surface area contributed by atoms with Gasteiger partial charge in [0.25, 0.3) is 0 Å². The van der Waals surface area contributed by atoms with Crippen molar-refractivity contribution >= 4 is 21.8 Å². The molecule has 0 radical (unpaired) electrons. The first kappa shape index (κ1) is 15.7. The summed E-state index contributed by atoms with van der Waals surface area (Å²) in [6, 6.07) is 4.08. The second kappa shape index (κ2) is 6.74. The lowest BCUT2D eigenvalue weighted by atomic mass is 10.3. The molecule has 0 aromatic heterocycles. The van der Waals surface area contributed by atoms with Gasteiger partial charge in [0.05, 0.1) is 13.0 Å². The van der Waals surface area contributed by atoms with Gasteiger partial charge in [-0.25, -0.2) is 4.39 Å². The summed E-state index contributed by atoms with van der Waals surface area (Å²) < 4.78 is 54.1. The van der Waals surface area contributed by atoms with Crippen molar-refractivity contribution in [3.63, 3.8) is 0 Å². The number of amides is 1. The molecule has 0 saturated heterocycles. The first-order valence-corrected chi connectivity index (χ1v) is 5.98. The van der Waals surface area contributed by atoms with E-state index in [0.29, 0.717) is 4.47 Å². The van der Waals surface area contributed by atoms with Crippen LogP contribution in [0.1, 0.15) is 6.42 Å². The highest BCUT2D eigenvalue weighted by Crippen LogP contribution is 2.21.